The number of benzene rings is 1. The molecule has 0 amide bonds. The van der Waals surface area contributed by atoms with Crippen molar-refractivity contribution >= 4 is 0 Å². The first-order valence-electron chi connectivity index (χ1n) is 7.22. The molecule has 1 aliphatic rings. The van der Waals surface area contributed by atoms with Crippen LogP contribution in [0.2, 0.25) is 0 Å². The summed E-state index contributed by atoms with van der Waals surface area (Å²) >= 11 is 0. The summed E-state index contributed by atoms with van der Waals surface area (Å²) < 4.78 is 26.3. The average Bonchev–Trinajstić information content (AvgIpc) is 2.81. The lowest BCUT2D eigenvalue weighted by molar-refractivity contribution is 0.222. The highest BCUT2D eigenvalue weighted by Gasteiger charge is 2.36. The van der Waals surface area contributed by atoms with Crippen LogP contribution in [-0.4, -0.2) is 12.6 Å². The highest BCUT2D eigenvalue weighted by molar-refractivity contribution is 5.19. The van der Waals surface area contributed by atoms with E-state index in [0.29, 0.717) is 6.04 Å². The molecule has 1 saturated carbocycles. The van der Waals surface area contributed by atoms with Gasteiger partial charge in [0.1, 0.15) is 0 Å². The van der Waals surface area contributed by atoms with E-state index in [1.165, 1.54) is 37.8 Å². The molecule has 2 rings (SSSR count). The van der Waals surface area contributed by atoms with Gasteiger partial charge in [-0.25, -0.2) is 8.78 Å². The van der Waals surface area contributed by atoms with Crippen LogP contribution < -0.4 is 5.32 Å². The molecule has 0 aliphatic heterocycles. The zero-order chi connectivity index (χ0) is 13.9. The summed E-state index contributed by atoms with van der Waals surface area (Å²) in [4.78, 5) is 0. The van der Waals surface area contributed by atoms with Crippen molar-refractivity contribution in [2.24, 2.45) is 5.41 Å². The van der Waals surface area contributed by atoms with Crippen LogP contribution in [0.5, 0.6) is 0 Å². The first kappa shape index (κ1) is 14.4. The minimum absolute atomic E-state index is 0.279. The molecule has 106 valence electrons. The smallest absolute Gasteiger partial charge is 0.159 e. The molecule has 0 aromatic heterocycles. The van der Waals surface area contributed by atoms with Crippen molar-refractivity contribution in [3.05, 3.63) is 35.4 Å². The summed E-state index contributed by atoms with van der Waals surface area (Å²) in [6.07, 6.45) is 5.75. The number of halogens is 2. The topological polar surface area (TPSA) is 12.0 Å². The second kappa shape index (κ2) is 6.00. The van der Waals surface area contributed by atoms with Gasteiger partial charge in [-0.2, -0.15) is 0 Å². The van der Waals surface area contributed by atoms with Crippen LogP contribution in [0.15, 0.2) is 18.2 Å². The van der Waals surface area contributed by atoms with Gasteiger partial charge in [0.05, 0.1) is 0 Å². The molecule has 1 fully saturated rings. The van der Waals surface area contributed by atoms with Gasteiger partial charge in [0.15, 0.2) is 11.6 Å². The van der Waals surface area contributed by atoms with Crippen molar-refractivity contribution in [1.29, 1.82) is 0 Å². The van der Waals surface area contributed by atoms with Crippen molar-refractivity contribution in [3.63, 3.8) is 0 Å². The third kappa shape index (κ3) is 3.33. The Labute approximate surface area is 114 Å². The van der Waals surface area contributed by atoms with Gasteiger partial charge in [-0.3, -0.25) is 0 Å². The normalized spacial score (nSPS) is 19.6. The summed E-state index contributed by atoms with van der Waals surface area (Å²) in [7, 11) is 0. The summed E-state index contributed by atoms with van der Waals surface area (Å²) in [5.41, 5.74) is 1.15. The van der Waals surface area contributed by atoms with E-state index in [-0.39, 0.29) is 5.41 Å². The Hall–Kier alpha value is -0.960. The lowest BCUT2D eigenvalue weighted by Crippen LogP contribution is -2.43. The quantitative estimate of drug-likeness (QED) is 0.848. The molecule has 0 bridgehead atoms. The van der Waals surface area contributed by atoms with Crippen LogP contribution >= 0.6 is 0 Å². The maximum absolute atomic E-state index is 13.3. The molecule has 3 heteroatoms. The fourth-order valence-electron chi connectivity index (χ4n) is 3.24. The minimum Gasteiger partial charge on any atom is -0.313 e. The summed E-state index contributed by atoms with van der Waals surface area (Å²) in [6, 6.07) is 4.59. The summed E-state index contributed by atoms with van der Waals surface area (Å²) in [6.45, 7) is 5.31. The molecule has 1 nitrogen and oxygen atoms in total. The highest BCUT2D eigenvalue weighted by Crippen LogP contribution is 2.41. The summed E-state index contributed by atoms with van der Waals surface area (Å²) in [5.74, 6) is -1.51. The second-order valence-electron chi connectivity index (χ2n) is 5.92. The average molecular weight is 267 g/mol. The van der Waals surface area contributed by atoms with Gasteiger partial charge in [-0.15, -0.1) is 0 Å². The van der Waals surface area contributed by atoms with Gasteiger partial charge in [0.2, 0.25) is 0 Å². The summed E-state index contributed by atoms with van der Waals surface area (Å²) in [5, 5.41) is 3.53. The number of hydrogen-bond donors (Lipinski definition) is 1. The zero-order valence-corrected chi connectivity index (χ0v) is 11.8. The van der Waals surface area contributed by atoms with Crippen molar-refractivity contribution in [3.8, 4) is 0 Å². The molecular weight excluding hydrogens is 244 g/mol. The van der Waals surface area contributed by atoms with Crippen molar-refractivity contribution in [1.82, 2.24) is 5.32 Å². The Kier molecular flexibility index (Phi) is 4.56. The first-order valence-corrected chi connectivity index (χ1v) is 7.22. The molecule has 1 N–H and O–H groups in total. The minimum atomic E-state index is -0.768. The molecule has 0 spiro atoms. The first-order chi connectivity index (χ1) is 9.05. The monoisotopic (exact) mass is 267 g/mol. The maximum atomic E-state index is 13.3. The van der Waals surface area contributed by atoms with Gasteiger partial charge in [0, 0.05) is 6.04 Å². The van der Waals surface area contributed by atoms with E-state index >= 15 is 0 Å². The molecule has 1 aromatic rings. The lowest BCUT2D eigenvalue weighted by Gasteiger charge is -2.35. The van der Waals surface area contributed by atoms with E-state index in [0.717, 1.165) is 18.5 Å². The van der Waals surface area contributed by atoms with Crippen LogP contribution in [0.25, 0.3) is 0 Å². The van der Waals surface area contributed by atoms with E-state index in [4.69, 9.17) is 0 Å². The highest BCUT2D eigenvalue weighted by atomic mass is 19.2. The number of nitrogens with one attached hydrogen (secondary N) is 1. The van der Waals surface area contributed by atoms with Crippen molar-refractivity contribution in [2.45, 2.75) is 52.0 Å². The fraction of sp³-hybridized carbons (Fsp3) is 0.625. The molecule has 1 unspecified atom stereocenters. The van der Waals surface area contributed by atoms with E-state index in [9.17, 15) is 8.78 Å². The number of rotatable bonds is 5. The molecule has 1 aliphatic carbocycles. The molecule has 1 atom stereocenters. The van der Waals surface area contributed by atoms with Crippen molar-refractivity contribution < 1.29 is 8.78 Å². The van der Waals surface area contributed by atoms with E-state index in [2.05, 4.69) is 19.2 Å². The SMILES string of the molecule is CCNC(Cc1ccc(F)c(F)c1)C1(C)CCCC1. The predicted octanol–water partition coefficient (Wildman–Crippen LogP) is 4.07. The van der Waals surface area contributed by atoms with Gasteiger partial charge >= 0.3 is 0 Å². The Morgan fingerprint density at radius 1 is 1.21 bits per heavy atom. The lowest BCUT2D eigenvalue weighted by atomic mass is 9.78. The van der Waals surface area contributed by atoms with Crippen LogP contribution in [0, 0.1) is 17.0 Å². The second-order valence-corrected chi connectivity index (χ2v) is 5.92. The van der Waals surface area contributed by atoms with Crippen LogP contribution in [0.1, 0.15) is 45.1 Å². The molecule has 0 radical (unpaired) electrons. The largest absolute Gasteiger partial charge is 0.313 e. The Bertz CT molecular complexity index is 425. The van der Waals surface area contributed by atoms with Crippen molar-refractivity contribution in [2.75, 3.05) is 6.54 Å². The predicted molar refractivity (Wildman–Crippen MR) is 74.1 cm³/mol. The molecule has 19 heavy (non-hydrogen) atoms. The molecule has 0 heterocycles. The molecular formula is C16H23F2N. The van der Waals surface area contributed by atoms with Crippen LogP contribution in [0.3, 0.4) is 0 Å². The van der Waals surface area contributed by atoms with Gasteiger partial charge in [-0.05, 0) is 48.9 Å². The Morgan fingerprint density at radius 3 is 2.47 bits per heavy atom. The van der Waals surface area contributed by atoms with Gasteiger partial charge < -0.3 is 5.32 Å². The van der Waals surface area contributed by atoms with E-state index in [1.54, 1.807) is 6.07 Å². The standard InChI is InChI=1S/C16H23F2N/c1-3-19-15(16(2)8-4-5-9-16)11-12-6-7-13(17)14(18)10-12/h6-7,10,15,19H,3-5,8-9,11H2,1-2H3. The molecule has 0 saturated heterocycles. The van der Waals surface area contributed by atoms with Crippen LogP contribution in [-0.2, 0) is 6.42 Å². The number of hydrogen-bond acceptors (Lipinski definition) is 1. The number of likely N-dealkylation sites (N-methyl/N-ethyl adjacent to an activating group) is 1. The zero-order valence-electron chi connectivity index (χ0n) is 11.8. The van der Waals surface area contributed by atoms with Gasteiger partial charge in [0.25, 0.3) is 0 Å². The Balaban J connectivity index is 2.13. The van der Waals surface area contributed by atoms with E-state index in [1.807, 2.05) is 0 Å². The Morgan fingerprint density at radius 2 is 1.89 bits per heavy atom. The third-order valence-corrected chi connectivity index (χ3v) is 4.46. The fourth-order valence-corrected chi connectivity index (χ4v) is 3.24. The maximum Gasteiger partial charge on any atom is 0.159 e. The van der Waals surface area contributed by atoms with Gasteiger partial charge in [-0.1, -0.05) is 32.8 Å². The van der Waals surface area contributed by atoms with E-state index < -0.39 is 11.6 Å². The third-order valence-electron chi connectivity index (χ3n) is 4.46. The molecule has 1 aromatic carbocycles. The van der Waals surface area contributed by atoms with Crippen LogP contribution in [0.4, 0.5) is 8.78 Å².